The summed E-state index contributed by atoms with van der Waals surface area (Å²) in [6.45, 7) is 12.1. The van der Waals surface area contributed by atoms with E-state index >= 15 is 0 Å². The first-order valence-corrected chi connectivity index (χ1v) is 19.3. The molecule has 1 aromatic carbocycles. The lowest BCUT2D eigenvalue weighted by atomic mass is 9.55. The molecule has 1 saturated heterocycles. The van der Waals surface area contributed by atoms with Crippen molar-refractivity contribution in [2.45, 2.75) is 102 Å². The van der Waals surface area contributed by atoms with E-state index in [9.17, 15) is 5.11 Å². The molecule has 8 rings (SSSR count). The van der Waals surface area contributed by atoms with Gasteiger partial charge in [0.05, 0.1) is 0 Å². The van der Waals surface area contributed by atoms with E-state index in [1.165, 1.54) is 95.7 Å². The van der Waals surface area contributed by atoms with Gasteiger partial charge in [-0.3, -0.25) is 0 Å². The SMILES string of the molecule is C=C(O)c1ccc(C2=CCC34C(CCC35C3CCC6(NCCC7CC(CN)N(SC)C7)CCCC6[C@H]3CCC54)C2(C)C)cc1. The smallest absolute Gasteiger partial charge is 0.115 e. The van der Waals surface area contributed by atoms with Crippen molar-refractivity contribution in [2.75, 3.05) is 25.9 Å². The maximum Gasteiger partial charge on any atom is 0.115 e. The van der Waals surface area contributed by atoms with Crippen molar-refractivity contribution in [3.8, 4) is 0 Å². The Labute approximate surface area is 271 Å². The van der Waals surface area contributed by atoms with Gasteiger partial charge in [-0.15, -0.1) is 0 Å². The van der Waals surface area contributed by atoms with E-state index in [0.717, 1.165) is 47.6 Å². The normalized spacial score (nSPS) is 45.1. The van der Waals surface area contributed by atoms with E-state index in [-0.39, 0.29) is 11.2 Å². The van der Waals surface area contributed by atoms with Crippen LogP contribution in [0.25, 0.3) is 11.3 Å². The molecule has 4 N–H and O–H groups in total. The second kappa shape index (κ2) is 10.6. The van der Waals surface area contributed by atoms with Crippen LogP contribution in [-0.4, -0.2) is 46.9 Å². The van der Waals surface area contributed by atoms with Gasteiger partial charge in [0.25, 0.3) is 0 Å². The fourth-order valence-electron chi connectivity index (χ4n) is 14.0. The van der Waals surface area contributed by atoms with Gasteiger partial charge >= 0.3 is 0 Å². The van der Waals surface area contributed by atoms with Crippen molar-refractivity contribution in [1.82, 2.24) is 9.62 Å². The third-order valence-corrected chi connectivity index (χ3v) is 16.4. The Morgan fingerprint density at radius 2 is 1.84 bits per heavy atom. The molecule has 1 heterocycles. The summed E-state index contributed by atoms with van der Waals surface area (Å²) in [5.74, 6) is 5.52. The summed E-state index contributed by atoms with van der Waals surface area (Å²) < 4.78 is 2.54. The van der Waals surface area contributed by atoms with Crippen LogP contribution in [0.4, 0.5) is 0 Å². The lowest BCUT2D eigenvalue weighted by molar-refractivity contribution is -0.0116. The Morgan fingerprint density at radius 1 is 1.02 bits per heavy atom. The molecule has 240 valence electrons. The van der Waals surface area contributed by atoms with E-state index in [4.69, 9.17) is 5.73 Å². The zero-order valence-electron chi connectivity index (χ0n) is 27.6. The highest BCUT2D eigenvalue weighted by molar-refractivity contribution is 7.96. The molecule has 5 heteroatoms. The number of fused-ring (bicyclic) bond motifs is 3. The molecule has 0 aromatic heterocycles. The highest BCUT2D eigenvalue weighted by Gasteiger charge is 2.86. The molecule has 44 heavy (non-hydrogen) atoms. The largest absolute Gasteiger partial charge is 0.508 e. The molecular formula is C39H57N3OS. The summed E-state index contributed by atoms with van der Waals surface area (Å²) >= 11 is 1.89. The first-order chi connectivity index (χ1) is 21.2. The van der Waals surface area contributed by atoms with Crippen molar-refractivity contribution in [3.63, 3.8) is 0 Å². The minimum Gasteiger partial charge on any atom is -0.508 e. The summed E-state index contributed by atoms with van der Waals surface area (Å²) in [5.41, 5.74) is 11.6. The van der Waals surface area contributed by atoms with Crippen LogP contribution in [0.15, 0.2) is 36.9 Å². The minimum absolute atomic E-state index is 0.160. The highest BCUT2D eigenvalue weighted by atomic mass is 32.2. The molecule has 10 atom stereocenters. The number of benzene rings is 1. The van der Waals surface area contributed by atoms with E-state index in [1.807, 2.05) is 24.1 Å². The van der Waals surface area contributed by atoms with Crippen molar-refractivity contribution >= 4 is 23.3 Å². The fourth-order valence-corrected chi connectivity index (χ4v) is 14.8. The number of nitrogens with two attached hydrogens (primary N) is 1. The van der Waals surface area contributed by atoms with Crippen LogP contribution in [0.2, 0.25) is 0 Å². The Hall–Kier alpha value is -1.27. The van der Waals surface area contributed by atoms with Gasteiger partial charge in [0.2, 0.25) is 0 Å². The zero-order valence-corrected chi connectivity index (χ0v) is 28.4. The van der Waals surface area contributed by atoms with Crippen molar-refractivity contribution in [1.29, 1.82) is 0 Å². The number of hydrogen-bond acceptors (Lipinski definition) is 5. The third-order valence-electron chi connectivity index (χ3n) is 15.5. The van der Waals surface area contributed by atoms with Crippen molar-refractivity contribution < 1.29 is 5.11 Å². The van der Waals surface area contributed by atoms with Crippen LogP contribution in [0, 0.1) is 51.8 Å². The number of hydrogen-bond donors (Lipinski definition) is 3. The lowest BCUT2D eigenvalue weighted by Crippen LogP contribution is -2.57. The predicted octanol–water partition coefficient (Wildman–Crippen LogP) is 8.31. The maximum atomic E-state index is 9.88. The van der Waals surface area contributed by atoms with Crippen LogP contribution in [0.1, 0.15) is 102 Å². The standard InChI is InChI=1S/C39H57N3OS/c1-25(43)27-7-9-28(10-8-27)31-14-19-39-34(36(31,2)3)15-20-38(39)33-13-18-37(17-5-6-32(37)30(33)11-12-35(38)39)41-21-16-26-22-29(23-40)42(24-26)44-4/h7-10,14,26,29-30,32-35,41,43H,1,5-6,11-13,15-24,40H2,2-4H3/t26?,29?,30-,32?,33?,34?,35?,37?,38?,39?/m1/s1. The molecule has 9 unspecified atom stereocenters. The molecule has 0 amide bonds. The average Bonchev–Trinajstić information content (AvgIpc) is 3.46. The molecule has 1 aliphatic heterocycles. The van der Waals surface area contributed by atoms with Gasteiger partial charge in [0.1, 0.15) is 5.76 Å². The topological polar surface area (TPSA) is 61.5 Å². The summed E-state index contributed by atoms with van der Waals surface area (Å²) in [5, 5.41) is 14.2. The monoisotopic (exact) mass is 615 g/mol. The van der Waals surface area contributed by atoms with Crippen molar-refractivity contribution in [2.24, 2.45) is 57.5 Å². The number of nitrogens with zero attached hydrogens (tertiary/aromatic N) is 1. The van der Waals surface area contributed by atoms with Gasteiger partial charge < -0.3 is 16.2 Å². The van der Waals surface area contributed by atoms with Crippen LogP contribution < -0.4 is 11.1 Å². The number of nitrogens with one attached hydrogen (secondary N) is 1. The van der Waals surface area contributed by atoms with Gasteiger partial charge in [-0.2, -0.15) is 0 Å². The lowest BCUT2D eigenvalue weighted by Gasteiger charge is -2.53. The number of allylic oxidation sites excluding steroid dienone is 2. The summed E-state index contributed by atoms with van der Waals surface area (Å²) in [6.07, 6.45) is 21.9. The van der Waals surface area contributed by atoms with Crippen LogP contribution >= 0.6 is 11.9 Å². The molecule has 2 spiro atoms. The molecule has 0 bridgehead atoms. The van der Waals surface area contributed by atoms with Gasteiger partial charge in [-0.25, -0.2) is 4.31 Å². The Bertz CT molecular complexity index is 1310. The molecular weight excluding hydrogens is 559 g/mol. The van der Waals surface area contributed by atoms with Crippen LogP contribution in [-0.2, 0) is 0 Å². The van der Waals surface area contributed by atoms with E-state index in [0.29, 0.717) is 22.4 Å². The molecule has 5 saturated carbocycles. The second-order valence-corrected chi connectivity index (χ2v) is 17.7. The summed E-state index contributed by atoms with van der Waals surface area (Å²) in [6, 6.07) is 9.10. The van der Waals surface area contributed by atoms with E-state index < -0.39 is 0 Å². The fraction of sp³-hybridized carbons (Fsp3) is 0.744. The average molecular weight is 616 g/mol. The zero-order chi connectivity index (χ0) is 30.5. The van der Waals surface area contributed by atoms with E-state index in [1.54, 1.807) is 5.57 Å². The quantitative estimate of drug-likeness (QED) is 0.203. The molecule has 0 radical (unpaired) electrons. The Morgan fingerprint density at radius 3 is 2.57 bits per heavy atom. The molecule has 4 nitrogen and oxygen atoms in total. The van der Waals surface area contributed by atoms with Gasteiger partial charge in [0.15, 0.2) is 0 Å². The minimum atomic E-state index is 0.160. The van der Waals surface area contributed by atoms with Crippen LogP contribution in [0.3, 0.4) is 0 Å². The summed E-state index contributed by atoms with van der Waals surface area (Å²) in [4.78, 5) is 0. The first kappa shape index (κ1) is 30.1. The van der Waals surface area contributed by atoms with Crippen LogP contribution in [0.5, 0.6) is 0 Å². The predicted molar refractivity (Wildman–Crippen MR) is 185 cm³/mol. The highest BCUT2D eigenvalue weighted by Crippen LogP contribution is 2.91. The summed E-state index contributed by atoms with van der Waals surface area (Å²) in [7, 11) is 0. The van der Waals surface area contributed by atoms with Gasteiger partial charge in [-0.1, -0.05) is 69.1 Å². The Kier molecular flexibility index (Phi) is 7.26. The number of aliphatic hydroxyl groups is 1. The van der Waals surface area contributed by atoms with Gasteiger partial charge in [0, 0.05) is 30.2 Å². The Balaban J connectivity index is 0.996. The van der Waals surface area contributed by atoms with Gasteiger partial charge in [-0.05, 0) is 146 Å². The molecule has 7 aliphatic rings. The molecule has 1 aromatic rings. The number of aliphatic hydroxyl groups excluding tert-OH is 1. The molecule has 6 aliphatic carbocycles. The number of rotatable bonds is 8. The van der Waals surface area contributed by atoms with Crippen molar-refractivity contribution in [3.05, 3.63) is 48.0 Å². The third kappa shape index (κ3) is 4.00. The maximum absolute atomic E-state index is 9.88. The van der Waals surface area contributed by atoms with E-state index in [2.05, 4.69) is 54.5 Å². The first-order valence-electron chi connectivity index (χ1n) is 18.2. The molecule has 6 fully saturated rings. The second-order valence-electron chi connectivity index (χ2n) is 16.8.